The second kappa shape index (κ2) is 6.72. The first-order valence-corrected chi connectivity index (χ1v) is 6.89. The van der Waals surface area contributed by atoms with Gasteiger partial charge in [0, 0.05) is 32.7 Å². The van der Waals surface area contributed by atoms with Gasteiger partial charge in [0.05, 0.1) is 5.60 Å². The number of methoxy groups -OCH3 is 1. The number of rotatable bonds is 6. The third-order valence-corrected chi connectivity index (χ3v) is 4.02. The van der Waals surface area contributed by atoms with Crippen molar-refractivity contribution in [2.75, 3.05) is 20.3 Å². The summed E-state index contributed by atoms with van der Waals surface area (Å²) in [6.45, 7) is 7.82. The number of hydrogen-bond donors (Lipinski definition) is 2. The average Bonchev–Trinajstić information content (AvgIpc) is 2.25. The van der Waals surface area contributed by atoms with Crippen LogP contribution in [0.5, 0.6) is 0 Å². The largest absolute Gasteiger partial charge is 0.389 e. The molecule has 0 amide bonds. The second-order valence-corrected chi connectivity index (χ2v) is 6.12. The smallest absolute Gasteiger partial charge is 0.0765 e. The molecule has 0 saturated heterocycles. The molecule has 0 heterocycles. The van der Waals surface area contributed by atoms with Gasteiger partial charge in [0.15, 0.2) is 0 Å². The van der Waals surface area contributed by atoms with E-state index in [4.69, 9.17) is 4.74 Å². The number of aliphatic hydroxyl groups is 1. The summed E-state index contributed by atoms with van der Waals surface area (Å²) >= 11 is 0. The summed E-state index contributed by atoms with van der Waals surface area (Å²) in [6, 6.07) is 0.570. The maximum absolute atomic E-state index is 10.2. The van der Waals surface area contributed by atoms with E-state index in [9.17, 15) is 5.11 Å². The van der Waals surface area contributed by atoms with Gasteiger partial charge in [-0.2, -0.15) is 0 Å². The van der Waals surface area contributed by atoms with Crippen LogP contribution in [0.2, 0.25) is 0 Å². The highest BCUT2D eigenvalue weighted by molar-refractivity contribution is 4.84. The zero-order valence-corrected chi connectivity index (χ0v) is 11.8. The Hall–Kier alpha value is -0.120. The average molecular weight is 243 g/mol. The molecule has 0 aliphatic heterocycles. The lowest BCUT2D eigenvalue weighted by Gasteiger charge is -2.35. The van der Waals surface area contributed by atoms with Gasteiger partial charge in [0.1, 0.15) is 0 Å². The van der Waals surface area contributed by atoms with Gasteiger partial charge in [-0.1, -0.05) is 13.8 Å². The lowest BCUT2D eigenvalue weighted by atomic mass is 9.79. The van der Waals surface area contributed by atoms with Crippen LogP contribution in [0.15, 0.2) is 0 Å². The van der Waals surface area contributed by atoms with Gasteiger partial charge >= 0.3 is 0 Å². The molecule has 1 fully saturated rings. The Morgan fingerprint density at radius 2 is 2.06 bits per heavy atom. The van der Waals surface area contributed by atoms with E-state index in [2.05, 4.69) is 19.2 Å². The van der Waals surface area contributed by atoms with E-state index in [1.807, 2.05) is 6.92 Å². The monoisotopic (exact) mass is 243 g/mol. The number of ether oxygens (including phenoxy) is 1. The van der Waals surface area contributed by atoms with Crippen molar-refractivity contribution in [2.45, 2.75) is 58.1 Å². The van der Waals surface area contributed by atoms with E-state index in [1.54, 1.807) is 7.11 Å². The molecule has 3 heteroatoms. The molecular weight excluding hydrogens is 214 g/mol. The zero-order chi connectivity index (χ0) is 12.9. The van der Waals surface area contributed by atoms with Gasteiger partial charge in [-0.25, -0.2) is 0 Å². The molecule has 2 N–H and O–H groups in total. The van der Waals surface area contributed by atoms with Crippen molar-refractivity contribution in [3.8, 4) is 0 Å². The van der Waals surface area contributed by atoms with Gasteiger partial charge < -0.3 is 15.2 Å². The molecule has 3 nitrogen and oxygen atoms in total. The molecule has 1 rings (SSSR count). The normalized spacial score (nSPS) is 33.4. The summed E-state index contributed by atoms with van der Waals surface area (Å²) in [5.41, 5.74) is -0.654. The molecule has 0 spiro atoms. The standard InChI is InChI=1S/C14H29NO2/c1-11-5-6-13(12(2)9-11)15-10-14(3,16)7-8-17-4/h11-13,15-16H,5-10H2,1-4H3. The number of nitrogens with one attached hydrogen (secondary N) is 1. The van der Waals surface area contributed by atoms with Crippen LogP contribution in [0.4, 0.5) is 0 Å². The predicted octanol–water partition coefficient (Wildman–Crippen LogP) is 2.19. The molecule has 0 aromatic rings. The molecule has 0 aromatic heterocycles. The highest BCUT2D eigenvalue weighted by atomic mass is 16.5. The Balaban J connectivity index is 2.29. The maximum Gasteiger partial charge on any atom is 0.0765 e. The van der Waals surface area contributed by atoms with E-state index in [0.717, 1.165) is 11.8 Å². The first kappa shape index (κ1) is 14.9. The summed E-state index contributed by atoms with van der Waals surface area (Å²) in [6.07, 6.45) is 4.54. The summed E-state index contributed by atoms with van der Waals surface area (Å²) in [4.78, 5) is 0. The van der Waals surface area contributed by atoms with Gasteiger partial charge in [0.25, 0.3) is 0 Å². The highest BCUT2D eigenvalue weighted by Gasteiger charge is 2.27. The van der Waals surface area contributed by atoms with Crippen molar-refractivity contribution in [3.05, 3.63) is 0 Å². The minimum atomic E-state index is -0.654. The summed E-state index contributed by atoms with van der Waals surface area (Å²) in [7, 11) is 1.67. The Morgan fingerprint density at radius 3 is 2.65 bits per heavy atom. The summed E-state index contributed by atoms with van der Waals surface area (Å²) in [5.74, 6) is 1.58. The molecule has 0 radical (unpaired) electrons. The maximum atomic E-state index is 10.2. The lowest BCUT2D eigenvalue weighted by Crippen LogP contribution is -2.47. The van der Waals surface area contributed by atoms with Crippen molar-refractivity contribution in [1.82, 2.24) is 5.32 Å². The molecular formula is C14H29NO2. The van der Waals surface area contributed by atoms with Crippen LogP contribution in [-0.2, 0) is 4.74 Å². The molecule has 0 bridgehead atoms. The molecule has 1 aliphatic carbocycles. The topological polar surface area (TPSA) is 41.5 Å². The minimum absolute atomic E-state index is 0.570. The first-order chi connectivity index (χ1) is 7.94. The van der Waals surface area contributed by atoms with Crippen LogP contribution in [0.3, 0.4) is 0 Å². The van der Waals surface area contributed by atoms with Gasteiger partial charge in [-0.15, -0.1) is 0 Å². The Kier molecular flexibility index (Phi) is 5.90. The zero-order valence-electron chi connectivity index (χ0n) is 11.8. The first-order valence-electron chi connectivity index (χ1n) is 6.89. The van der Waals surface area contributed by atoms with Crippen molar-refractivity contribution < 1.29 is 9.84 Å². The summed E-state index contributed by atoms with van der Waals surface area (Å²) in [5, 5.41) is 13.7. The van der Waals surface area contributed by atoms with E-state index < -0.39 is 5.60 Å². The summed E-state index contributed by atoms with van der Waals surface area (Å²) < 4.78 is 5.02. The SMILES string of the molecule is COCCC(C)(O)CNC1CCC(C)CC1C. The van der Waals surface area contributed by atoms with E-state index in [-0.39, 0.29) is 0 Å². The molecule has 102 valence electrons. The highest BCUT2D eigenvalue weighted by Crippen LogP contribution is 2.28. The van der Waals surface area contributed by atoms with Gasteiger partial charge in [0.2, 0.25) is 0 Å². The number of hydrogen-bond acceptors (Lipinski definition) is 3. The molecule has 4 atom stereocenters. The molecule has 4 unspecified atom stereocenters. The molecule has 0 aromatic carbocycles. The fourth-order valence-corrected chi connectivity index (χ4v) is 2.73. The predicted molar refractivity (Wildman–Crippen MR) is 71.1 cm³/mol. The van der Waals surface area contributed by atoms with Gasteiger partial charge in [-0.05, 0) is 38.0 Å². The van der Waals surface area contributed by atoms with Crippen LogP contribution in [0.1, 0.15) is 46.5 Å². The van der Waals surface area contributed by atoms with Gasteiger partial charge in [-0.3, -0.25) is 0 Å². The van der Waals surface area contributed by atoms with Crippen molar-refractivity contribution in [1.29, 1.82) is 0 Å². The van der Waals surface area contributed by atoms with Crippen LogP contribution in [-0.4, -0.2) is 37.0 Å². The molecule has 17 heavy (non-hydrogen) atoms. The fraction of sp³-hybridized carbons (Fsp3) is 1.00. The fourth-order valence-electron chi connectivity index (χ4n) is 2.73. The quantitative estimate of drug-likeness (QED) is 0.751. The Bertz CT molecular complexity index is 218. The van der Waals surface area contributed by atoms with E-state index >= 15 is 0 Å². The molecule has 1 saturated carbocycles. The van der Waals surface area contributed by atoms with E-state index in [1.165, 1.54) is 19.3 Å². The second-order valence-electron chi connectivity index (χ2n) is 6.12. The van der Waals surface area contributed by atoms with Crippen LogP contribution in [0.25, 0.3) is 0 Å². The minimum Gasteiger partial charge on any atom is -0.389 e. The Morgan fingerprint density at radius 1 is 1.35 bits per heavy atom. The lowest BCUT2D eigenvalue weighted by molar-refractivity contribution is 0.0193. The van der Waals surface area contributed by atoms with Crippen molar-refractivity contribution in [3.63, 3.8) is 0 Å². The van der Waals surface area contributed by atoms with Crippen LogP contribution in [0, 0.1) is 11.8 Å². The third kappa shape index (κ3) is 5.36. The molecule has 1 aliphatic rings. The third-order valence-electron chi connectivity index (χ3n) is 4.02. The Labute approximate surface area is 106 Å². The van der Waals surface area contributed by atoms with Crippen LogP contribution >= 0.6 is 0 Å². The van der Waals surface area contributed by atoms with E-state index in [0.29, 0.717) is 25.6 Å². The van der Waals surface area contributed by atoms with Crippen LogP contribution < -0.4 is 5.32 Å². The van der Waals surface area contributed by atoms with Crippen molar-refractivity contribution >= 4 is 0 Å². The van der Waals surface area contributed by atoms with Crippen molar-refractivity contribution in [2.24, 2.45) is 11.8 Å².